The first-order chi connectivity index (χ1) is 17.5. The molecule has 1 fully saturated rings. The van der Waals surface area contributed by atoms with Gasteiger partial charge in [-0.15, -0.1) is 0 Å². The molecule has 1 aromatic carbocycles. The lowest BCUT2D eigenvalue weighted by Crippen LogP contribution is -2.35. The molecule has 36 heavy (non-hydrogen) atoms. The summed E-state index contributed by atoms with van der Waals surface area (Å²) in [6.45, 7) is 2.20. The van der Waals surface area contributed by atoms with Gasteiger partial charge in [0.05, 0.1) is 30.3 Å². The molecule has 0 radical (unpaired) electrons. The Balaban J connectivity index is 1.52. The van der Waals surface area contributed by atoms with Gasteiger partial charge < -0.3 is 19.8 Å². The van der Waals surface area contributed by atoms with Gasteiger partial charge in [0.25, 0.3) is 0 Å². The number of pyridine rings is 1. The lowest BCUT2D eigenvalue weighted by Gasteiger charge is -2.18. The lowest BCUT2D eigenvalue weighted by molar-refractivity contribution is -0.127. The number of hydrogen-bond acceptors (Lipinski definition) is 7. The van der Waals surface area contributed by atoms with Crippen LogP contribution in [0.3, 0.4) is 0 Å². The molecule has 2 amide bonds. The van der Waals surface area contributed by atoms with Crippen molar-refractivity contribution < 1.29 is 23.5 Å². The number of nitrogens with zero attached hydrogens (tertiary/aromatic N) is 2. The number of carbonyl (C=O) groups excluding carboxylic acids is 3. The molecule has 0 aliphatic carbocycles. The topological polar surface area (TPSA) is 123 Å². The molecule has 9 heteroatoms. The summed E-state index contributed by atoms with van der Waals surface area (Å²) in [4.78, 5) is 45.1. The first kappa shape index (κ1) is 25.3. The maximum atomic E-state index is 12.9. The fraction of sp³-hybridized carbons (Fsp3) is 0.444. The summed E-state index contributed by atoms with van der Waals surface area (Å²) in [5, 5.41) is 6.67. The minimum absolute atomic E-state index is 0.124. The molecule has 1 aliphatic rings. The number of hydrogen-bond donors (Lipinski definition) is 2. The van der Waals surface area contributed by atoms with Crippen molar-refractivity contribution in [3.05, 3.63) is 42.4 Å². The molecule has 0 spiro atoms. The van der Waals surface area contributed by atoms with E-state index in [-0.39, 0.29) is 24.0 Å². The van der Waals surface area contributed by atoms with Crippen LogP contribution >= 0.6 is 0 Å². The number of methoxy groups -OCH3 is 1. The van der Waals surface area contributed by atoms with Gasteiger partial charge in [-0.25, -0.2) is 9.97 Å². The van der Waals surface area contributed by atoms with E-state index in [9.17, 15) is 14.4 Å². The Morgan fingerprint density at radius 2 is 2.08 bits per heavy atom. The normalized spacial score (nSPS) is 16.1. The van der Waals surface area contributed by atoms with Gasteiger partial charge in [0.1, 0.15) is 11.8 Å². The Bertz CT molecular complexity index is 1240. The number of oxazole rings is 1. The molecule has 0 saturated carbocycles. The number of aromatic nitrogens is 2. The van der Waals surface area contributed by atoms with Crippen LogP contribution < -0.4 is 15.4 Å². The number of benzene rings is 1. The third-order valence-electron chi connectivity index (χ3n) is 6.48. The van der Waals surface area contributed by atoms with Crippen LogP contribution in [0.25, 0.3) is 22.2 Å². The molecule has 190 valence electrons. The monoisotopic (exact) mass is 492 g/mol. The van der Waals surface area contributed by atoms with Gasteiger partial charge in [0, 0.05) is 31.2 Å². The average Bonchev–Trinajstić information content (AvgIpc) is 3.56. The second-order valence-corrected chi connectivity index (χ2v) is 9.06. The lowest BCUT2D eigenvalue weighted by atomic mass is 10.0. The number of nitrogens with one attached hydrogen (secondary N) is 2. The molecular weight excluding hydrogens is 460 g/mol. The summed E-state index contributed by atoms with van der Waals surface area (Å²) in [5.74, 6) is 0.815. The average molecular weight is 493 g/mol. The fourth-order valence-corrected chi connectivity index (χ4v) is 4.37. The van der Waals surface area contributed by atoms with E-state index >= 15 is 0 Å². The zero-order valence-electron chi connectivity index (χ0n) is 20.7. The first-order valence-corrected chi connectivity index (χ1v) is 12.5. The van der Waals surface area contributed by atoms with Crippen LogP contribution in [0.15, 0.2) is 40.9 Å². The van der Waals surface area contributed by atoms with Gasteiger partial charge in [-0.1, -0.05) is 38.0 Å². The highest BCUT2D eigenvalue weighted by molar-refractivity contribution is 5.89. The first-order valence-electron chi connectivity index (χ1n) is 12.5. The van der Waals surface area contributed by atoms with Crippen LogP contribution in [0.1, 0.15) is 63.8 Å². The van der Waals surface area contributed by atoms with Crippen LogP contribution in [0.4, 0.5) is 0 Å². The number of fused-ring (bicyclic) bond motifs is 1. The quantitative estimate of drug-likeness (QED) is 0.365. The zero-order chi connectivity index (χ0) is 25.5. The van der Waals surface area contributed by atoms with E-state index in [0.29, 0.717) is 48.9 Å². The Kier molecular flexibility index (Phi) is 8.30. The minimum atomic E-state index is -0.455. The van der Waals surface area contributed by atoms with Gasteiger partial charge >= 0.3 is 0 Å². The second kappa shape index (κ2) is 11.8. The van der Waals surface area contributed by atoms with Crippen molar-refractivity contribution in [3.63, 3.8) is 0 Å². The number of carbonyl (C=O) groups is 3. The molecule has 9 nitrogen and oxygen atoms in total. The van der Waals surface area contributed by atoms with E-state index in [2.05, 4.69) is 20.6 Å². The van der Waals surface area contributed by atoms with Crippen molar-refractivity contribution in [2.24, 2.45) is 5.92 Å². The summed E-state index contributed by atoms with van der Waals surface area (Å²) < 4.78 is 11.6. The number of unbranched alkanes of at least 4 members (excludes halogenated alkanes) is 2. The third-order valence-corrected chi connectivity index (χ3v) is 6.48. The van der Waals surface area contributed by atoms with Crippen LogP contribution in [-0.2, 0) is 14.4 Å². The maximum absolute atomic E-state index is 12.9. The van der Waals surface area contributed by atoms with Crippen LogP contribution in [0.5, 0.6) is 5.88 Å². The number of ether oxygens (including phenoxy) is 1. The molecule has 3 heterocycles. The molecule has 4 rings (SSSR count). The van der Waals surface area contributed by atoms with Crippen molar-refractivity contribution in [2.45, 2.75) is 57.9 Å². The van der Waals surface area contributed by atoms with Crippen molar-refractivity contribution in [1.29, 1.82) is 0 Å². The maximum Gasteiger partial charge on any atom is 0.226 e. The highest BCUT2D eigenvalue weighted by atomic mass is 16.5. The molecule has 2 unspecified atom stereocenters. The van der Waals surface area contributed by atoms with E-state index < -0.39 is 12.0 Å². The second-order valence-electron chi connectivity index (χ2n) is 9.06. The molecule has 2 atom stereocenters. The van der Waals surface area contributed by atoms with Crippen LogP contribution in [0.2, 0.25) is 0 Å². The SMILES string of the molecule is CCC(=O)CCCCCC(NC(=O)C1CNC(=O)C1)c1ncc(-c2cc3ccccc3nc2OC)o1. The third kappa shape index (κ3) is 6.08. The van der Waals surface area contributed by atoms with Crippen molar-refractivity contribution in [2.75, 3.05) is 13.7 Å². The molecule has 1 aliphatic heterocycles. The van der Waals surface area contributed by atoms with Gasteiger partial charge in [-0.2, -0.15) is 0 Å². The molecule has 2 aromatic heterocycles. The smallest absolute Gasteiger partial charge is 0.226 e. The number of rotatable bonds is 12. The van der Waals surface area contributed by atoms with Crippen molar-refractivity contribution in [1.82, 2.24) is 20.6 Å². The van der Waals surface area contributed by atoms with E-state index in [1.807, 2.05) is 37.3 Å². The number of ketones is 1. The molecule has 2 N–H and O–H groups in total. The number of Topliss-reactive ketones (excluding diaryl/α,β-unsaturated/α-hetero) is 1. The molecular formula is C27H32N4O5. The number of para-hydroxylation sites is 1. The van der Waals surface area contributed by atoms with Gasteiger partial charge in [-0.3, -0.25) is 14.4 Å². The van der Waals surface area contributed by atoms with Gasteiger partial charge in [-0.05, 0) is 25.0 Å². The van der Waals surface area contributed by atoms with Crippen LogP contribution in [-0.4, -0.2) is 41.2 Å². The summed E-state index contributed by atoms with van der Waals surface area (Å²) in [5.41, 5.74) is 1.48. The zero-order valence-corrected chi connectivity index (χ0v) is 20.7. The Labute approximate surface area is 210 Å². The molecule has 1 saturated heterocycles. The summed E-state index contributed by atoms with van der Waals surface area (Å²) in [7, 11) is 1.56. The highest BCUT2D eigenvalue weighted by Gasteiger charge is 2.31. The minimum Gasteiger partial charge on any atom is -0.480 e. The summed E-state index contributed by atoms with van der Waals surface area (Å²) >= 11 is 0. The standard InChI is InChI=1S/C27H32N4O5/c1-3-19(32)10-5-4-6-12-22(30-25(34)18-14-24(33)28-15-18)27-29-16-23(36-27)20-13-17-9-7-8-11-21(17)31-26(20)35-2/h7-9,11,13,16,18,22H,3-6,10,12,14-15H2,1-2H3,(H,28,33)(H,30,34). The van der Waals surface area contributed by atoms with Crippen molar-refractivity contribution in [3.8, 4) is 17.2 Å². The van der Waals surface area contributed by atoms with Gasteiger partial charge in [0.2, 0.25) is 23.6 Å². The van der Waals surface area contributed by atoms with E-state index in [4.69, 9.17) is 9.15 Å². The predicted octanol–water partition coefficient (Wildman–Crippen LogP) is 4.12. The largest absolute Gasteiger partial charge is 0.480 e. The van der Waals surface area contributed by atoms with Crippen LogP contribution in [0, 0.1) is 5.92 Å². The Hall–Kier alpha value is -3.75. The summed E-state index contributed by atoms with van der Waals surface area (Å²) in [6.07, 6.45) is 5.98. The Morgan fingerprint density at radius 1 is 1.25 bits per heavy atom. The Morgan fingerprint density at radius 3 is 2.83 bits per heavy atom. The van der Waals surface area contributed by atoms with E-state index in [0.717, 1.165) is 30.2 Å². The van der Waals surface area contributed by atoms with Crippen molar-refractivity contribution >= 4 is 28.5 Å². The predicted molar refractivity (Wildman–Crippen MR) is 134 cm³/mol. The van der Waals surface area contributed by atoms with Gasteiger partial charge in [0.15, 0.2) is 5.76 Å². The molecule has 0 bridgehead atoms. The highest BCUT2D eigenvalue weighted by Crippen LogP contribution is 2.33. The molecule has 3 aromatic rings. The van der Waals surface area contributed by atoms with E-state index in [1.165, 1.54) is 0 Å². The fourth-order valence-electron chi connectivity index (χ4n) is 4.37. The number of amides is 2. The van der Waals surface area contributed by atoms with E-state index in [1.54, 1.807) is 13.3 Å². The summed E-state index contributed by atoms with van der Waals surface area (Å²) in [6, 6.07) is 9.22.